The van der Waals surface area contributed by atoms with E-state index in [-0.39, 0.29) is 18.0 Å². The van der Waals surface area contributed by atoms with Crippen LogP contribution in [-0.4, -0.2) is 53.4 Å². The van der Waals surface area contributed by atoms with Gasteiger partial charge in [0.15, 0.2) is 0 Å². The Morgan fingerprint density at radius 3 is 2.55 bits per heavy atom. The normalized spacial score (nSPS) is 13.9. The number of ether oxygens (including phenoxy) is 1. The number of fused-ring (bicyclic) bond motifs is 1. The summed E-state index contributed by atoms with van der Waals surface area (Å²) in [5.41, 5.74) is 3.52. The Kier molecular flexibility index (Phi) is 5.86. The van der Waals surface area contributed by atoms with Crippen LogP contribution in [0.2, 0.25) is 0 Å². The first-order valence-corrected chi connectivity index (χ1v) is 10.3. The fraction of sp³-hybridized carbons (Fsp3) is 0.292. The predicted molar refractivity (Wildman–Crippen MR) is 118 cm³/mol. The van der Waals surface area contributed by atoms with Crippen LogP contribution < -0.4 is 5.32 Å². The SMILES string of the molecule is Cc1ccc(C)c(NC(=O)C(=O)c2cn(CC(=O)N3CCOCC3)c3ccccc23)c1. The summed E-state index contributed by atoms with van der Waals surface area (Å²) in [5, 5.41) is 3.38. The van der Waals surface area contributed by atoms with Gasteiger partial charge in [-0.2, -0.15) is 0 Å². The number of aromatic nitrogens is 1. The van der Waals surface area contributed by atoms with E-state index < -0.39 is 11.7 Å². The number of benzene rings is 2. The summed E-state index contributed by atoms with van der Waals surface area (Å²) in [6, 6.07) is 13.0. The minimum Gasteiger partial charge on any atom is -0.378 e. The topological polar surface area (TPSA) is 80.6 Å². The Balaban J connectivity index is 1.60. The van der Waals surface area contributed by atoms with Crippen molar-refractivity contribution in [2.75, 3.05) is 31.6 Å². The number of amides is 2. The zero-order valence-electron chi connectivity index (χ0n) is 17.7. The Morgan fingerprint density at radius 1 is 1.03 bits per heavy atom. The summed E-state index contributed by atoms with van der Waals surface area (Å²) in [6.07, 6.45) is 1.61. The summed E-state index contributed by atoms with van der Waals surface area (Å²) in [7, 11) is 0. The molecule has 0 bridgehead atoms. The van der Waals surface area contributed by atoms with Crippen LogP contribution in [0.3, 0.4) is 0 Å². The first-order valence-electron chi connectivity index (χ1n) is 10.3. The van der Waals surface area contributed by atoms with Crippen LogP contribution in [0, 0.1) is 13.8 Å². The third-order valence-electron chi connectivity index (χ3n) is 5.55. The summed E-state index contributed by atoms with van der Waals surface area (Å²) < 4.78 is 7.05. The third kappa shape index (κ3) is 4.36. The molecule has 0 spiro atoms. The van der Waals surface area contributed by atoms with Gasteiger partial charge in [-0.1, -0.05) is 30.3 Å². The molecular formula is C24H25N3O4. The maximum atomic E-state index is 13.0. The van der Waals surface area contributed by atoms with Gasteiger partial charge in [0.1, 0.15) is 6.54 Å². The molecule has 7 nitrogen and oxygen atoms in total. The van der Waals surface area contributed by atoms with Crippen molar-refractivity contribution >= 4 is 34.2 Å². The van der Waals surface area contributed by atoms with E-state index in [4.69, 9.17) is 4.74 Å². The first-order chi connectivity index (χ1) is 14.9. The standard InChI is InChI=1S/C24H25N3O4/c1-16-7-8-17(2)20(13-16)25-24(30)23(29)19-14-27(21-6-4-3-5-18(19)21)15-22(28)26-9-11-31-12-10-26/h3-8,13-14H,9-12,15H2,1-2H3,(H,25,30). The summed E-state index contributed by atoms with van der Waals surface area (Å²) in [5.74, 6) is -1.37. The fourth-order valence-electron chi connectivity index (χ4n) is 3.79. The van der Waals surface area contributed by atoms with Crippen molar-refractivity contribution in [2.24, 2.45) is 0 Å². The van der Waals surface area contributed by atoms with Crippen molar-refractivity contribution in [1.29, 1.82) is 0 Å². The van der Waals surface area contributed by atoms with Crippen LogP contribution in [0.5, 0.6) is 0 Å². The van der Waals surface area contributed by atoms with E-state index in [0.717, 1.165) is 16.6 Å². The summed E-state index contributed by atoms with van der Waals surface area (Å²) in [6.45, 7) is 6.08. The van der Waals surface area contributed by atoms with Gasteiger partial charge in [-0.25, -0.2) is 0 Å². The van der Waals surface area contributed by atoms with Gasteiger partial charge < -0.3 is 19.5 Å². The van der Waals surface area contributed by atoms with Crippen LogP contribution in [-0.2, 0) is 20.9 Å². The fourth-order valence-corrected chi connectivity index (χ4v) is 3.79. The highest BCUT2D eigenvalue weighted by Crippen LogP contribution is 2.23. The molecule has 2 aromatic carbocycles. The van der Waals surface area contributed by atoms with Crippen molar-refractivity contribution in [3.63, 3.8) is 0 Å². The zero-order chi connectivity index (χ0) is 22.0. The molecule has 31 heavy (non-hydrogen) atoms. The van der Waals surface area contributed by atoms with Crippen LogP contribution in [0.15, 0.2) is 48.7 Å². The highest BCUT2D eigenvalue weighted by molar-refractivity contribution is 6.48. The number of carbonyl (C=O) groups is 3. The van der Waals surface area contributed by atoms with E-state index in [1.807, 2.05) is 50.2 Å². The Morgan fingerprint density at radius 2 is 1.77 bits per heavy atom. The van der Waals surface area contributed by atoms with Gasteiger partial charge >= 0.3 is 0 Å². The Labute approximate surface area is 180 Å². The monoisotopic (exact) mass is 419 g/mol. The number of aryl methyl sites for hydroxylation is 2. The number of hydrogen-bond acceptors (Lipinski definition) is 4. The molecule has 4 rings (SSSR count). The largest absolute Gasteiger partial charge is 0.378 e. The maximum Gasteiger partial charge on any atom is 0.296 e. The van der Waals surface area contributed by atoms with Crippen LogP contribution in [0.1, 0.15) is 21.5 Å². The molecule has 0 radical (unpaired) electrons. The van der Waals surface area contributed by atoms with Gasteiger partial charge in [-0.15, -0.1) is 0 Å². The molecule has 160 valence electrons. The Bertz CT molecular complexity index is 1160. The molecule has 0 atom stereocenters. The molecule has 3 aromatic rings. The minimum atomic E-state index is -0.698. The molecule has 0 unspecified atom stereocenters. The first kappa shape index (κ1) is 20.8. The van der Waals surface area contributed by atoms with Crippen molar-refractivity contribution < 1.29 is 19.1 Å². The molecule has 0 aliphatic carbocycles. The third-order valence-corrected chi connectivity index (χ3v) is 5.55. The molecular weight excluding hydrogens is 394 g/mol. The lowest BCUT2D eigenvalue weighted by Crippen LogP contribution is -2.42. The smallest absolute Gasteiger partial charge is 0.296 e. The number of anilines is 1. The second kappa shape index (κ2) is 8.73. The number of rotatable bonds is 5. The van der Waals surface area contributed by atoms with Crippen molar-refractivity contribution in [2.45, 2.75) is 20.4 Å². The maximum absolute atomic E-state index is 13.0. The molecule has 1 saturated heterocycles. The lowest BCUT2D eigenvalue weighted by atomic mass is 10.1. The number of hydrogen-bond donors (Lipinski definition) is 1. The van der Waals surface area contributed by atoms with E-state index in [1.165, 1.54) is 0 Å². The molecule has 2 amide bonds. The van der Waals surface area contributed by atoms with E-state index >= 15 is 0 Å². The Hall–Kier alpha value is -3.45. The van der Waals surface area contributed by atoms with E-state index in [1.54, 1.807) is 21.7 Å². The predicted octanol–water partition coefficient (Wildman–Crippen LogP) is 2.94. The molecule has 1 fully saturated rings. The van der Waals surface area contributed by atoms with Gasteiger partial charge in [-0.05, 0) is 37.1 Å². The molecule has 1 aliphatic heterocycles. The van der Waals surface area contributed by atoms with Crippen molar-refractivity contribution in [3.8, 4) is 0 Å². The lowest BCUT2D eigenvalue weighted by Gasteiger charge is -2.27. The quantitative estimate of drug-likeness (QED) is 0.509. The second-order valence-corrected chi connectivity index (χ2v) is 7.78. The molecule has 2 heterocycles. The van der Waals surface area contributed by atoms with E-state index in [2.05, 4.69) is 5.32 Å². The van der Waals surface area contributed by atoms with Gasteiger partial charge in [0.2, 0.25) is 5.91 Å². The van der Waals surface area contributed by atoms with Gasteiger partial charge in [0.25, 0.3) is 11.7 Å². The zero-order valence-corrected chi connectivity index (χ0v) is 17.7. The minimum absolute atomic E-state index is 0.0390. The van der Waals surface area contributed by atoms with Gasteiger partial charge in [0.05, 0.1) is 18.8 Å². The number of morpholine rings is 1. The average molecular weight is 419 g/mol. The summed E-state index contributed by atoms with van der Waals surface area (Å²) in [4.78, 5) is 40.2. The molecule has 1 N–H and O–H groups in total. The number of para-hydroxylation sites is 1. The van der Waals surface area contributed by atoms with Crippen LogP contribution >= 0.6 is 0 Å². The number of ketones is 1. The molecule has 1 aromatic heterocycles. The highest BCUT2D eigenvalue weighted by atomic mass is 16.5. The second-order valence-electron chi connectivity index (χ2n) is 7.78. The number of nitrogens with zero attached hydrogens (tertiary/aromatic N) is 2. The molecule has 1 aliphatic rings. The number of nitrogens with one attached hydrogen (secondary N) is 1. The molecule has 7 heteroatoms. The number of Topliss-reactive ketones (excluding diaryl/α,β-unsaturated/α-hetero) is 1. The van der Waals surface area contributed by atoms with E-state index in [0.29, 0.717) is 37.4 Å². The van der Waals surface area contributed by atoms with Crippen LogP contribution in [0.25, 0.3) is 10.9 Å². The highest BCUT2D eigenvalue weighted by Gasteiger charge is 2.24. The number of carbonyl (C=O) groups excluding carboxylic acids is 3. The lowest BCUT2D eigenvalue weighted by molar-refractivity contribution is -0.135. The molecule has 0 saturated carbocycles. The van der Waals surface area contributed by atoms with Crippen LogP contribution in [0.4, 0.5) is 5.69 Å². The van der Waals surface area contributed by atoms with Gasteiger partial charge in [-0.3, -0.25) is 14.4 Å². The van der Waals surface area contributed by atoms with Crippen molar-refractivity contribution in [1.82, 2.24) is 9.47 Å². The van der Waals surface area contributed by atoms with Gasteiger partial charge in [0, 0.05) is 35.9 Å². The van der Waals surface area contributed by atoms with E-state index in [9.17, 15) is 14.4 Å². The summed E-state index contributed by atoms with van der Waals surface area (Å²) >= 11 is 0. The average Bonchev–Trinajstić information content (AvgIpc) is 3.14. The van der Waals surface area contributed by atoms with Crippen molar-refractivity contribution in [3.05, 3.63) is 65.4 Å².